The fourth-order valence-corrected chi connectivity index (χ4v) is 3.49. The minimum atomic E-state index is -1.40. The molecule has 32 heavy (non-hydrogen) atoms. The van der Waals surface area contributed by atoms with Gasteiger partial charge in [0.15, 0.2) is 5.58 Å². The van der Waals surface area contributed by atoms with E-state index in [1.54, 1.807) is 36.4 Å². The number of carbonyl (C=O) groups excluding carboxylic acids is 1. The van der Waals surface area contributed by atoms with Crippen molar-refractivity contribution in [3.05, 3.63) is 94.8 Å². The Morgan fingerprint density at radius 1 is 0.969 bits per heavy atom. The molecule has 0 bridgehead atoms. The van der Waals surface area contributed by atoms with Crippen LogP contribution in [0.2, 0.25) is 0 Å². The van der Waals surface area contributed by atoms with Crippen molar-refractivity contribution in [3.8, 4) is 11.5 Å². The second-order valence-corrected chi connectivity index (χ2v) is 7.06. The van der Waals surface area contributed by atoms with Crippen LogP contribution in [0.15, 0.2) is 88.2 Å². The number of hydrogen-bond donors (Lipinski definition) is 2. The van der Waals surface area contributed by atoms with Crippen LogP contribution in [0.4, 0.5) is 10.5 Å². The van der Waals surface area contributed by atoms with E-state index in [9.17, 15) is 19.5 Å². The first-order chi connectivity index (χ1) is 15.5. The van der Waals surface area contributed by atoms with Crippen LogP contribution in [0, 0.1) is 0 Å². The Kier molecular flexibility index (Phi) is 4.52. The summed E-state index contributed by atoms with van der Waals surface area (Å²) in [7, 11) is 0. The van der Waals surface area contributed by atoms with Crippen molar-refractivity contribution in [1.29, 1.82) is 0 Å². The van der Waals surface area contributed by atoms with Gasteiger partial charge in [0.25, 0.3) is 0 Å². The zero-order chi connectivity index (χ0) is 22.2. The molecule has 5 aromatic rings. The second kappa shape index (κ2) is 7.51. The van der Waals surface area contributed by atoms with Crippen molar-refractivity contribution in [3.63, 3.8) is 0 Å². The van der Waals surface area contributed by atoms with E-state index in [4.69, 9.17) is 4.42 Å². The molecule has 2 N–H and O–H groups in total. The van der Waals surface area contributed by atoms with Crippen LogP contribution in [0.25, 0.3) is 33.5 Å². The van der Waals surface area contributed by atoms with Gasteiger partial charge < -0.3 is 14.8 Å². The van der Waals surface area contributed by atoms with Crippen LogP contribution >= 0.6 is 0 Å². The Morgan fingerprint density at radius 2 is 1.72 bits per heavy atom. The summed E-state index contributed by atoms with van der Waals surface area (Å²) >= 11 is 0. The third kappa shape index (κ3) is 3.29. The Bertz CT molecular complexity index is 1570. The predicted molar refractivity (Wildman–Crippen MR) is 119 cm³/mol. The van der Waals surface area contributed by atoms with E-state index >= 15 is 0 Å². The molecule has 2 heterocycles. The van der Waals surface area contributed by atoms with Crippen molar-refractivity contribution in [2.24, 2.45) is 0 Å². The third-order valence-corrected chi connectivity index (χ3v) is 5.02. The number of nitrogens with one attached hydrogen (secondary N) is 1. The molecule has 0 radical (unpaired) electrons. The highest BCUT2D eigenvalue weighted by molar-refractivity contribution is 6.01. The minimum absolute atomic E-state index is 0.141. The maximum Gasteiger partial charge on any atom is 0.341 e. The number of aromatic nitrogens is 2. The Balaban J connectivity index is 1.52. The summed E-state index contributed by atoms with van der Waals surface area (Å²) < 4.78 is 6.90. The van der Waals surface area contributed by atoms with Gasteiger partial charge >= 0.3 is 12.0 Å². The summed E-state index contributed by atoms with van der Waals surface area (Å²) in [5, 5.41) is 12.2. The molecule has 0 atom stereocenters. The molecule has 0 saturated carbocycles. The molecule has 8 heteroatoms. The highest BCUT2D eigenvalue weighted by Gasteiger charge is 2.18. The zero-order valence-corrected chi connectivity index (χ0v) is 16.5. The summed E-state index contributed by atoms with van der Waals surface area (Å²) in [4.78, 5) is 41.4. The first-order valence-electron chi connectivity index (χ1n) is 9.66. The number of aromatic carboxylic acids is 1. The molecule has 0 unspecified atom stereocenters. The topological polar surface area (TPSA) is 114 Å². The van der Waals surface area contributed by atoms with Crippen molar-refractivity contribution in [1.82, 2.24) is 9.55 Å². The van der Waals surface area contributed by atoms with Crippen LogP contribution < -0.4 is 10.7 Å². The maximum absolute atomic E-state index is 13.0. The van der Waals surface area contributed by atoms with Gasteiger partial charge in [-0.15, -0.1) is 0 Å². The first-order valence-corrected chi connectivity index (χ1v) is 9.66. The molecular weight excluding hydrogens is 410 g/mol. The summed E-state index contributed by atoms with van der Waals surface area (Å²) in [6.07, 6.45) is 1.03. The number of para-hydroxylation sites is 1. The monoisotopic (exact) mass is 425 g/mol. The van der Waals surface area contributed by atoms with E-state index in [0.717, 1.165) is 16.3 Å². The zero-order valence-electron chi connectivity index (χ0n) is 16.5. The van der Waals surface area contributed by atoms with Gasteiger partial charge in [-0.05, 0) is 42.5 Å². The highest BCUT2D eigenvalue weighted by Crippen LogP contribution is 2.26. The number of amides is 1. The fourth-order valence-electron chi connectivity index (χ4n) is 3.49. The van der Waals surface area contributed by atoms with Crippen molar-refractivity contribution in [2.75, 3.05) is 5.32 Å². The number of carbonyl (C=O) groups is 2. The molecule has 3 aromatic carbocycles. The number of rotatable bonds is 3. The lowest BCUT2D eigenvalue weighted by molar-refractivity contribution is 0.0695. The van der Waals surface area contributed by atoms with Gasteiger partial charge in [0.2, 0.25) is 11.3 Å². The Hall–Kier alpha value is -4.72. The van der Waals surface area contributed by atoms with Crippen molar-refractivity contribution < 1.29 is 19.1 Å². The van der Waals surface area contributed by atoms with E-state index in [-0.39, 0.29) is 5.39 Å². The van der Waals surface area contributed by atoms with Gasteiger partial charge in [0.1, 0.15) is 11.1 Å². The van der Waals surface area contributed by atoms with Gasteiger partial charge in [-0.2, -0.15) is 0 Å². The van der Waals surface area contributed by atoms with Crippen LogP contribution in [0.3, 0.4) is 0 Å². The lowest BCUT2D eigenvalue weighted by Crippen LogP contribution is -2.25. The lowest BCUT2D eigenvalue weighted by Gasteiger charge is -2.12. The average molecular weight is 425 g/mol. The van der Waals surface area contributed by atoms with E-state index in [2.05, 4.69) is 10.3 Å². The molecule has 156 valence electrons. The molecule has 5 rings (SSSR count). The summed E-state index contributed by atoms with van der Waals surface area (Å²) in [6.45, 7) is 0. The Labute approximate surface area is 180 Å². The average Bonchev–Trinajstić information content (AvgIpc) is 3.23. The number of fused-ring (bicyclic) bond motifs is 2. The SMILES string of the molecule is O=C(O)c1cn(C(=O)Nc2ccc3oc(-c4ccccc4)nc3c2)c2ccccc2c1=O. The highest BCUT2D eigenvalue weighted by atomic mass is 16.4. The maximum atomic E-state index is 13.0. The largest absolute Gasteiger partial charge is 0.477 e. The van der Waals surface area contributed by atoms with Gasteiger partial charge in [-0.25, -0.2) is 14.6 Å². The second-order valence-electron chi connectivity index (χ2n) is 7.06. The number of hydrogen-bond acceptors (Lipinski definition) is 5. The number of oxazole rings is 1. The molecule has 0 fully saturated rings. The smallest absolute Gasteiger partial charge is 0.341 e. The number of nitrogens with zero attached hydrogens (tertiary/aromatic N) is 2. The van der Waals surface area contributed by atoms with Crippen LogP contribution in [-0.4, -0.2) is 26.7 Å². The van der Waals surface area contributed by atoms with E-state index in [1.807, 2.05) is 30.3 Å². The molecule has 0 aliphatic rings. The van der Waals surface area contributed by atoms with Crippen LogP contribution in [-0.2, 0) is 0 Å². The molecule has 0 spiro atoms. The lowest BCUT2D eigenvalue weighted by atomic mass is 10.1. The molecule has 0 saturated heterocycles. The van der Waals surface area contributed by atoms with Crippen LogP contribution in [0.1, 0.15) is 10.4 Å². The molecular formula is C24H15N3O5. The summed E-state index contributed by atoms with van der Waals surface area (Å²) in [5.41, 5.74) is 1.55. The first kappa shape index (κ1) is 19.3. The standard InChI is InChI=1S/C24H15N3O5/c28-21-16-8-4-5-9-19(16)27(13-17(21)23(29)30)24(31)25-15-10-11-20-18(12-15)26-22(32-20)14-6-2-1-3-7-14/h1-13H,(H,25,31)(H,29,30). The number of carboxylic acids is 1. The molecule has 1 amide bonds. The van der Waals surface area contributed by atoms with Crippen molar-refractivity contribution >= 4 is 39.7 Å². The van der Waals surface area contributed by atoms with Gasteiger partial charge in [0.05, 0.1) is 5.52 Å². The predicted octanol–water partition coefficient (Wildman–Crippen LogP) is 4.59. The van der Waals surface area contributed by atoms with E-state index < -0.39 is 23.0 Å². The normalized spacial score (nSPS) is 11.0. The number of benzene rings is 3. The molecule has 2 aromatic heterocycles. The van der Waals surface area contributed by atoms with E-state index in [0.29, 0.717) is 28.2 Å². The minimum Gasteiger partial charge on any atom is -0.477 e. The molecule has 0 aliphatic heterocycles. The van der Waals surface area contributed by atoms with Crippen LogP contribution in [0.5, 0.6) is 0 Å². The summed E-state index contributed by atoms with van der Waals surface area (Å²) in [5.74, 6) is -0.943. The number of carboxylic acid groups (broad SMARTS) is 1. The summed E-state index contributed by atoms with van der Waals surface area (Å²) in [6, 6.07) is 20.2. The molecule has 0 aliphatic carbocycles. The van der Waals surface area contributed by atoms with Crippen molar-refractivity contribution in [2.45, 2.75) is 0 Å². The fraction of sp³-hybridized carbons (Fsp3) is 0. The number of anilines is 1. The number of pyridine rings is 1. The Morgan fingerprint density at radius 3 is 2.50 bits per heavy atom. The van der Waals surface area contributed by atoms with Gasteiger partial charge in [-0.1, -0.05) is 30.3 Å². The van der Waals surface area contributed by atoms with Gasteiger partial charge in [-0.3, -0.25) is 9.36 Å². The third-order valence-electron chi connectivity index (χ3n) is 5.02. The van der Waals surface area contributed by atoms with Gasteiger partial charge in [0, 0.05) is 22.8 Å². The quantitative estimate of drug-likeness (QED) is 0.437. The van der Waals surface area contributed by atoms with E-state index in [1.165, 1.54) is 6.07 Å². The molecule has 8 nitrogen and oxygen atoms in total.